The van der Waals surface area contributed by atoms with Gasteiger partial charge in [-0.15, -0.1) is 0 Å². The first kappa shape index (κ1) is 16.7. The summed E-state index contributed by atoms with van der Waals surface area (Å²) in [7, 11) is 2.10. The number of benzene rings is 1. The number of hydrogen-bond donors (Lipinski definition) is 1. The summed E-state index contributed by atoms with van der Waals surface area (Å²) in [5.74, 6) is 0.288. The molecule has 1 fully saturated rings. The summed E-state index contributed by atoms with van der Waals surface area (Å²) < 4.78 is 14.3. The van der Waals surface area contributed by atoms with Crippen molar-refractivity contribution in [3.63, 3.8) is 0 Å². The molecule has 0 saturated carbocycles. The van der Waals surface area contributed by atoms with Crippen LogP contribution in [0.5, 0.6) is 0 Å². The van der Waals surface area contributed by atoms with Gasteiger partial charge in [-0.25, -0.2) is 4.39 Å². The van der Waals surface area contributed by atoms with E-state index in [2.05, 4.69) is 24.2 Å². The lowest BCUT2D eigenvalue weighted by molar-refractivity contribution is 0.185. The molecule has 0 aliphatic carbocycles. The van der Waals surface area contributed by atoms with Gasteiger partial charge in [0.15, 0.2) is 0 Å². The number of nitrogens with zero attached hydrogens (tertiary/aromatic N) is 1. The third-order valence-electron chi connectivity index (χ3n) is 4.37. The molecule has 1 N–H and O–H groups in total. The summed E-state index contributed by atoms with van der Waals surface area (Å²) in [6.45, 7) is 5.14. The first-order valence-corrected chi connectivity index (χ1v) is 8.37. The molecule has 1 aliphatic heterocycles. The maximum absolute atomic E-state index is 14.3. The molecule has 1 heterocycles. The van der Waals surface area contributed by atoms with Gasteiger partial charge in [0.25, 0.3) is 0 Å². The zero-order valence-electron chi connectivity index (χ0n) is 13.0. The van der Waals surface area contributed by atoms with Gasteiger partial charge in [0.1, 0.15) is 5.82 Å². The Hall–Kier alpha value is -0.640. The lowest BCUT2D eigenvalue weighted by Crippen LogP contribution is -2.35. The van der Waals surface area contributed by atoms with Crippen LogP contribution >= 0.6 is 11.6 Å². The first-order valence-electron chi connectivity index (χ1n) is 7.99. The Kier molecular flexibility index (Phi) is 6.46. The fraction of sp³-hybridized carbons (Fsp3) is 0.647. The summed E-state index contributed by atoms with van der Waals surface area (Å²) in [5, 5.41) is 4.12. The summed E-state index contributed by atoms with van der Waals surface area (Å²) >= 11 is 6.10. The molecule has 2 unspecified atom stereocenters. The monoisotopic (exact) mass is 312 g/mol. The van der Waals surface area contributed by atoms with Crippen LogP contribution < -0.4 is 5.32 Å². The molecule has 118 valence electrons. The average molecular weight is 313 g/mol. The zero-order chi connectivity index (χ0) is 15.2. The molecule has 0 bridgehead atoms. The molecule has 1 saturated heterocycles. The molecule has 2 atom stereocenters. The Labute approximate surface area is 132 Å². The molecule has 0 radical (unpaired) electrons. The van der Waals surface area contributed by atoms with Crippen LogP contribution in [0.3, 0.4) is 0 Å². The number of nitrogens with one attached hydrogen (secondary N) is 1. The van der Waals surface area contributed by atoms with Gasteiger partial charge in [-0.3, -0.25) is 4.90 Å². The predicted octanol–water partition coefficient (Wildman–Crippen LogP) is 4.25. The molecule has 1 aromatic carbocycles. The van der Waals surface area contributed by atoms with E-state index in [0.717, 1.165) is 38.0 Å². The minimum absolute atomic E-state index is 0.107. The van der Waals surface area contributed by atoms with Crippen LogP contribution in [-0.4, -0.2) is 31.6 Å². The molecule has 1 aliphatic rings. The van der Waals surface area contributed by atoms with Gasteiger partial charge >= 0.3 is 0 Å². The van der Waals surface area contributed by atoms with Crippen LogP contribution in [0, 0.1) is 11.7 Å². The van der Waals surface area contributed by atoms with Crippen LogP contribution in [0.1, 0.15) is 44.2 Å². The molecule has 1 aromatic rings. The second kappa shape index (κ2) is 8.11. The smallest absolute Gasteiger partial charge is 0.128 e. The molecule has 2 nitrogen and oxygen atoms in total. The van der Waals surface area contributed by atoms with E-state index in [4.69, 9.17) is 11.6 Å². The van der Waals surface area contributed by atoms with Crippen molar-refractivity contribution in [3.8, 4) is 0 Å². The van der Waals surface area contributed by atoms with Crippen molar-refractivity contribution in [1.82, 2.24) is 10.2 Å². The molecule has 0 aromatic heterocycles. The Morgan fingerprint density at radius 1 is 1.38 bits per heavy atom. The Balaban J connectivity index is 2.25. The van der Waals surface area contributed by atoms with Gasteiger partial charge in [0.05, 0.1) is 0 Å². The molecule has 2 rings (SSSR count). The van der Waals surface area contributed by atoms with Crippen molar-refractivity contribution in [2.45, 2.75) is 38.6 Å². The topological polar surface area (TPSA) is 15.3 Å². The highest BCUT2D eigenvalue weighted by Crippen LogP contribution is 2.36. The van der Waals surface area contributed by atoms with Gasteiger partial charge in [-0.05, 0) is 70.1 Å². The fourth-order valence-electron chi connectivity index (χ4n) is 3.34. The van der Waals surface area contributed by atoms with E-state index in [1.807, 2.05) is 0 Å². The Bertz CT molecular complexity index is 452. The molecular weight excluding hydrogens is 287 g/mol. The van der Waals surface area contributed by atoms with Crippen LogP contribution in [-0.2, 0) is 0 Å². The van der Waals surface area contributed by atoms with E-state index < -0.39 is 0 Å². The van der Waals surface area contributed by atoms with E-state index in [1.165, 1.54) is 18.9 Å². The minimum atomic E-state index is -0.140. The third-order valence-corrected chi connectivity index (χ3v) is 4.60. The van der Waals surface area contributed by atoms with Crippen LogP contribution in [0.2, 0.25) is 5.02 Å². The first-order chi connectivity index (χ1) is 10.1. The van der Waals surface area contributed by atoms with Gasteiger partial charge in [0, 0.05) is 16.6 Å². The maximum atomic E-state index is 14.3. The standard InChI is InChI=1S/C17H26ClFN2/c1-3-9-20-12-13-6-4-5-10-21(2)17(13)15-11-14(18)7-8-16(15)19/h7-8,11,13,17,20H,3-6,9-10,12H2,1-2H3. The van der Waals surface area contributed by atoms with Gasteiger partial charge in [0.2, 0.25) is 0 Å². The second-order valence-corrected chi connectivity index (χ2v) is 6.49. The van der Waals surface area contributed by atoms with E-state index in [0.29, 0.717) is 10.9 Å². The van der Waals surface area contributed by atoms with E-state index in [1.54, 1.807) is 12.1 Å². The number of hydrogen-bond acceptors (Lipinski definition) is 2. The maximum Gasteiger partial charge on any atom is 0.128 e. The summed E-state index contributed by atoms with van der Waals surface area (Å²) in [6.07, 6.45) is 4.65. The number of rotatable bonds is 5. The quantitative estimate of drug-likeness (QED) is 0.818. The average Bonchev–Trinajstić information content (AvgIpc) is 2.64. The summed E-state index contributed by atoms with van der Waals surface area (Å²) in [6, 6.07) is 5.03. The Morgan fingerprint density at radius 3 is 2.95 bits per heavy atom. The molecule has 21 heavy (non-hydrogen) atoms. The highest BCUT2D eigenvalue weighted by atomic mass is 35.5. The van der Waals surface area contributed by atoms with Gasteiger partial charge in [-0.1, -0.05) is 24.9 Å². The van der Waals surface area contributed by atoms with Crippen molar-refractivity contribution in [2.24, 2.45) is 5.92 Å². The predicted molar refractivity (Wildman–Crippen MR) is 87.3 cm³/mol. The van der Waals surface area contributed by atoms with Crippen LogP contribution in [0.25, 0.3) is 0 Å². The molecule has 0 amide bonds. The van der Waals surface area contributed by atoms with Crippen molar-refractivity contribution in [3.05, 3.63) is 34.6 Å². The van der Waals surface area contributed by atoms with Crippen LogP contribution in [0.4, 0.5) is 4.39 Å². The summed E-state index contributed by atoms with van der Waals surface area (Å²) in [5.41, 5.74) is 0.746. The normalized spacial score (nSPS) is 24.0. The highest BCUT2D eigenvalue weighted by molar-refractivity contribution is 6.30. The molecular formula is C17H26ClFN2. The second-order valence-electron chi connectivity index (χ2n) is 6.05. The third kappa shape index (κ3) is 4.41. The highest BCUT2D eigenvalue weighted by Gasteiger charge is 2.30. The molecule has 0 spiro atoms. The van der Waals surface area contributed by atoms with Gasteiger partial charge in [-0.2, -0.15) is 0 Å². The Morgan fingerprint density at radius 2 is 2.19 bits per heavy atom. The summed E-state index contributed by atoms with van der Waals surface area (Å²) in [4.78, 5) is 2.29. The lowest BCUT2D eigenvalue weighted by Gasteiger charge is -2.33. The largest absolute Gasteiger partial charge is 0.316 e. The van der Waals surface area contributed by atoms with E-state index in [9.17, 15) is 4.39 Å². The number of halogens is 2. The van der Waals surface area contributed by atoms with Gasteiger partial charge < -0.3 is 5.32 Å². The lowest BCUT2D eigenvalue weighted by atomic mass is 9.89. The van der Waals surface area contributed by atoms with E-state index in [-0.39, 0.29) is 11.9 Å². The minimum Gasteiger partial charge on any atom is -0.316 e. The molecule has 4 heteroatoms. The van der Waals surface area contributed by atoms with Crippen molar-refractivity contribution < 1.29 is 4.39 Å². The fourth-order valence-corrected chi connectivity index (χ4v) is 3.52. The number of likely N-dealkylation sites (tertiary alicyclic amines) is 1. The van der Waals surface area contributed by atoms with E-state index >= 15 is 0 Å². The van der Waals surface area contributed by atoms with Crippen molar-refractivity contribution in [2.75, 3.05) is 26.7 Å². The van der Waals surface area contributed by atoms with Crippen LogP contribution in [0.15, 0.2) is 18.2 Å². The van der Waals surface area contributed by atoms with Crippen molar-refractivity contribution in [1.29, 1.82) is 0 Å². The van der Waals surface area contributed by atoms with Crippen molar-refractivity contribution >= 4 is 11.6 Å². The SMILES string of the molecule is CCCNCC1CCCCN(C)C1c1cc(Cl)ccc1F. The zero-order valence-corrected chi connectivity index (χ0v) is 13.8.